The Morgan fingerprint density at radius 1 is 1.04 bits per heavy atom. The molecule has 0 spiro atoms. The van der Waals surface area contributed by atoms with Crippen LogP contribution in [0.2, 0.25) is 0 Å². The fourth-order valence-electron chi connectivity index (χ4n) is 3.20. The van der Waals surface area contributed by atoms with Crippen molar-refractivity contribution in [2.45, 2.75) is 46.1 Å². The van der Waals surface area contributed by atoms with Crippen molar-refractivity contribution < 1.29 is 9.53 Å². The second-order valence-corrected chi connectivity index (χ2v) is 6.30. The fourth-order valence-corrected chi connectivity index (χ4v) is 3.20. The van der Waals surface area contributed by atoms with Gasteiger partial charge in [0.1, 0.15) is 11.8 Å². The number of esters is 1. The molecule has 1 aromatic carbocycles. The molecule has 1 aliphatic heterocycles. The average Bonchev–Trinajstić information content (AvgIpc) is 2.57. The molecule has 2 rings (SSSR count). The predicted molar refractivity (Wildman–Crippen MR) is 108 cm³/mol. The monoisotopic (exact) mass is 390 g/mol. The Bertz CT molecular complexity index is 510. The number of likely N-dealkylation sites (N-methyl/N-ethyl adjacent to an activating group) is 1. The summed E-state index contributed by atoms with van der Waals surface area (Å²) in [4.78, 5) is 17.4. The van der Waals surface area contributed by atoms with E-state index in [9.17, 15) is 4.79 Å². The number of piperazine rings is 1. The maximum atomic E-state index is 12.8. The van der Waals surface area contributed by atoms with Crippen LogP contribution in [0.3, 0.4) is 0 Å². The first-order valence-electron chi connectivity index (χ1n) is 8.85. The van der Waals surface area contributed by atoms with Gasteiger partial charge in [-0.25, -0.2) is 4.79 Å². The van der Waals surface area contributed by atoms with Crippen LogP contribution in [0, 0.1) is 0 Å². The van der Waals surface area contributed by atoms with Crippen LogP contribution in [0.4, 0.5) is 0 Å². The van der Waals surface area contributed by atoms with Gasteiger partial charge in [0.05, 0.1) is 0 Å². The summed E-state index contributed by atoms with van der Waals surface area (Å²) in [6, 6.07) is 6.02. The smallest absolute Gasteiger partial charge is 0.328 e. The van der Waals surface area contributed by atoms with E-state index < -0.39 is 0 Å². The van der Waals surface area contributed by atoms with Crippen LogP contribution in [0.25, 0.3) is 0 Å². The quantitative estimate of drug-likeness (QED) is 0.548. The molecule has 0 amide bonds. The molecule has 1 fully saturated rings. The maximum absolute atomic E-state index is 12.8. The van der Waals surface area contributed by atoms with E-state index >= 15 is 0 Å². The van der Waals surface area contributed by atoms with Gasteiger partial charge >= 0.3 is 5.97 Å². The zero-order valence-electron chi connectivity index (χ0n) is 15.8. The van der Waals surface area contributed by atoms with Crippen molar-refractivity contribution in [2.75, 3.05) is 33.2 Å². The Balaban J connectivity index is 0.00000288. The van der Waals surface area contributed by atoms with Crippen LogP contribution in [0.15, 0.2) is 18.2 Å². The summed E-state index contributed by atoms with van der Waals surface area (Å²) >= 11 is 0. The SMILES string of the molecule is CCc1cccc(CC)c1OC(=O)C(CC)N1CCN(C)CC1.Cl.Cl. The number of carbonyl (C=O) groups excluding carboxylic acids is 1. The highest BCUT2D eigenvalue weighted by atomic mass is 35.5. The van der Waals surface area contributed by atoms with Crippen molar-refractivity contribution in [1.82, 2.24) is 9.80 Å². The minimum Gasteiger partial charge on any atom is -0.425 e. The van der Waals surface area contributed by atoms with Crippen molar-refractivity contribution in [3.63, 3.8) is 0 Å². The molecule has 0 aliphatic carbocycles. The number of ether oxygens (including phenoxy) is 1. The van der Waals surface area contributed by atoms with Crippen molar-refractivity contribution >= 4 is 30.8 Å². The van der Waals surface area contributed by atoms with E-state index in [1.54, 1.807) is 0 Å². The molecule has 1 aromatic rings. The van der Waals surface area contributed by atoms with Crippen LogP contribution in [-0.2, 0) is 17.6 Å². The van der Waals surface area contributed by atoms with Crippen LogP contribution in [-0.4, -0.2) is 55.0 Å². The summed E-state index contributed by atoms with van der Waals surface area (Å²) in [7, 11) is 2.13. The number of hydrogen-bond acceptors (Lipinski definition) is 4. The van der Waals surface area contributed by atoms with E-state index in [0.29, 0.717) is 0 Å². The number of rotatable bonds is 6. The summed E-state index contributed by atoms with van der Waals surface area (Å²) in [5.74, 6) is 0.683. The molecule has 25 heavy (non-hydrogen) atoms. The van der Waals surface area contributed by atoms with Gasteiger partial charge in [0.15, 0.2) is 0 Å². The number of carbonyl (C=O) groups is 1. The van der Waals surface area contributed by atoms with Gasteiger partial charge in [-0.2, -0.15) is 0 Å². The van der Waals surface area contributed by atoms with Crippen molar-refractivity contribution in [3.8, 4) is 5.75 Å². The standard InChI is InChI=1S/C19H30N2O2.2ClH/c1-5-15-9-8-10-16(6-2)18(15)23-19(22)17(7-3)21-13-11-20(4)12-14-21;;/h8-10,17H,5-7,11-14H2,1-4H3;2*1H. The van der Waals surface area contributed by atoms with Crippen molar-refractivity contribution in [2.24, 2.45) is 0 Å². The first kappa shape index (κ1) is 24.2. The van der Waals surface area contributed by atoms with Gasteiger partial charge in [-0.05, 0) is 37.4 Å². The second-order valence-electron chi connectivity index (χ2n) is 6.30. The maximum Gasteiger partial charge on any atom is 0.328 e. The average molecular weight is 391 g/mol. The zero-order valence-corrected chi connectivity index (χ0v) is 17.4. The van der Waals surface area contributed by atoms with E-state index in [1.807, 2.05) is 6.07 Å². The van der Waals surface area contributed by atoms with E-state index in [0.717, 1.165) is 62.3 Å². The first-order valence-corrected chi connectivity index (χ1v) is 8.85. The minimum atomic E-state index is -0.140. The molecule has 0 radical (unpaired) electrons. The summed E-state index contributed by atoms with van der Waals surface area (Å²) < 4.78 is 5.90. The highest BCUT2D eigenvalue weighted by Crippen LogP contribution is 2.26. The fraction of sp³-hybridized carbons (Fsp3) is 0.632. The molecular formula is C19H32Cl2N2O2. The van der Waals surface area contributed by atoms with Crippen molar-refractivity contribution in [3.05, 3.63) is 29.3 Å². The van der Waals surface area contributed by atoms with Crippen LogP contribution in [0.1, 0.15) is 38.3 Å². The second kappa shape index (κ2) is 11.7. The number of halogens is 2. The number of para-hydroxylation sites is 1. The molecule has 1 heterocycles. The zero-order chi connectivity index (χ0) is 16.8. The lowest BCUT2D eigenvalue weighted by Gasteiger charge is -2.36. The van der Waals surface area contributed by atoms with Crippen LogP contribution < -0.4 is 4.74 Å². The minimum absolute atomic E-state index is 0. The topological polar surface area (TPSA) is 32.8 Å². The van der Waals surface area contributed by atoms with Crippen LogP contribution in [0.5, 0.6) is 5.75 Å². The Morgan fingerprint density at radius 2 is 1.56 bits per heavy atom. The molecule has 1 saturated heterocycles. The lowest BCUT2D eigenvalue weighted by Crippen LogP contribution is -2.52. The van der Waals surface area contributed by atoms with E-state index in [4.69, 9.17) is 4.74 Å². The predicted octanol–water partition coefficient (Wildman–Crippen LogP) is 3.59. The lowest BCUT2D eigenvalue weighted by molar-refractivity contribution is -0.141. The molecule has 0 saturated carbocycles. The van der Waals surface area contributed by atoms with Gasteiger partial charge in [-0.3, -0.25) is 4.90 Å². The summed E-state index contributed by atoms with van der Waals surface area (Å²) in [6.45, 7) is 10.1. The van der Waals surface area contributed by atoms with Gasteiger partial charge in [0.25, 0.3) is 0 Å². The molecule has 0 bridgehead atoms. The number of benzene rings is 1. The van der Waals surface area contributed by atoms with Crippen LogP contribution >= 0.6 is 24.8 Å². The third-order valence-corrected chi connectivity index (χ3v) is 4.78. The first-order chi connectivity index (χ1) is 11.1. The molecule has 4 nitrogen and oxygen atoms in total. The Morgan fingerprint density at radius 3 is 2.00 bits per heavy atom. The summed E-state index contributed by atoms with van der Waals surface area (Å²) in [5, 5.41) is 0. The molecule has 6 heteroatoms. The largest absolute Gasteiger partial charge is 0.425 e. The molecular weight excluding hydrogens is 359 g/mol. The molecule has 1 atom stereocenters. The molecule has 0 aromatic heterocycles. The lowest BCUT2D eigenvalue weighted by atomic mass is 10.0. The normalized spacial score (nSPS) is 16.5. The molecule has 144 valence electrons. The van der Waals surface area contributed by atoms with E-state index in [1.165, 1.54) is 0 Å². The Kier molecular flexibility index (Phi) is 11.4. The van der Waals surface area contributed by atoms with Gasteiger partial charge < -0.3 is 9.64 Å². The third kappa shape index (κ3) is 6.14. The third-order valence-electron chi connectivity index (χ3n) is 4.78. The highest BCUT2D eigenvalue weighted by molar-refractivity contribution is 5.85. The number of hydrogen-bond donors (Lipinski definition) is 0. The van der Waals surface area contributed by atoms with E-state index in [2.05, 4.69) is 49.8 Å². The highest BCUT2D eigenvalue weighted by Gasteiger charge is 2.29. The summed E-state index contributed by atoms with van der Waals surface area (Å²) in [6.07, 6.45) is 2.54. The molecule has 0 N–H and O–H groups in total. The molecule has 1 unspecified atom stereocenters. The number of aryl methyl sites for hydroxylation is 2. The van der Waals surface area contributed by atoms with E-state index in [-0.39, 0.29) is 36.8 Å². The van der Waals surface area contributed by atoms with Gasteiger partial charge in [-0.1, -0.05) is 39.0 Å². The summed E-state index contributed by atoms with van der Waals surface area (Å²) in [5.41, 5.74) is 2.23. The Hall–Kier alpha value is -0.810. The van der Waals surface area contributed by atoms with Gasteiger partial charge in [-0.15, -0.1) is 24.8 Å². The van der Waals surface area contributed by atoms with Gasteiger partial charge in [0, 0.05) is 26.2 Å². The number of nitrogens with zero attached hydrogens (tertiary/aromatic N) is 2. The van der Waals surface area contributed by atoms with Crippen molar-refractivity contribution in [1.29, 1.82) is 0 Å². The molecule has 1 aliphatic rings. The Labute approximate surface area is 164 Å². The van der Waals surface area contributed by atoms with Gasteiger partial charge in [0.2, 0.25) is 0 Å².